The summed E-state index contributed by atoms with van der Waals surface area (Å²) < 4.78 is 10.6. The number of ether oxygens (including phenoxy) is 2. The maximum Gasteiger partial charge on any atom is 0.126 e. The molecule has 0 amide bonds. The second-order valence-electron chi connectivity index (χ2n) is 5.45. The minimum absolute atomic E-state index is 0.169. The van der Waals surface area contributed by atoms with E-state index in [2.05, 4.69) is 45.1 Å². The third-order valence-electron chi connectivity index (χ3n) is 2.89. The maximum atomic E-state index is 5.35. The van der Waals surface area contributed by atoms with Crippen LogP contribution in [0.3, 0.4) is 0 Å². The molecule has 1 aromatic rings. The van der Waals surface area contributed by atoms with Gasteiger partial charge in [-0.2, -0.15) is 0 Å². The molecule has 0 radical (unpaired) electrons. The minimum atomic E-state index is 0.169. The Bertz CT molecular complexity index is 406. The summed E-state index contributed by atoms with van der Waals surface area (Å²) in [4.78, 5) is 0. The molecule has 0 saturated heterocycles. The molecule has 1 rings (SSSR count). The number of methoxy groups -OCH3 is 2. The van der Waals surface area contributed by atoms with Crippen LogP contribution >= 0.6 is 0 Å². The van der Waals surface area contributed by atoms with Gasteiger partial charge in [0.2, 0.25) is 0 Å². The van der Waals surface area contributed by atoms with Gasteiger partial charge in [0, 0.05) is 12.7 Å². The fraction of sp³-hybridized carbons (Fsp3) is 0.600. The van der Waals surface area contributed by atoms with Crippen LogP contribution in [-0.2, 0) is 4.74 Å². The first kappa shape index (κ1) is 23.0. The molecule has 0 heterocycles. The van der Waals surface area contributed by atoms with Crippen molar-refractivity contribution in [1.29, 1.82) is 0 Å². The van der Waals surface area contributed by atoms with Crippen molar-refractivity contribution in [3.8, 4) is 5.75 Å². The molecule has 0 aromatic heterocycles. The van der Waals surface area contributed by atoms with Crippen molar-refractivity contribution >= 4 is 6.08 Å². The number of aryl methyl sites for hydroxylation is 1. The zero-order valence-electron chi connectivity index (χ0n) is 16.1. The van der Waals surface area contributed by atoms with Crippen molar-refractivity contribution in [2.45, 2.75) is 54.9 Å². The molecule has 2 heteroatoms. The van der Waals surface area contributed by atoms with Crippen LogP contribution in [0.15, 0.2) is 24.3 Å². The second kappa shape index (κ2) is 13.4. The van der Waals surface area contributed by atoms with Gasteiger partial charge in [-0.3, -0.25) is 0 Å². The highest BCUT2D eigenvalue weighted by Gasteiger charge is 2.15. The summed E-state index contributed by atoms with van der Waals surface area (Å²) >= 11 is 0. The monoisotopic (exact) mass is 308 g/mol. The van der Waals surface area contributed by atoms with Crippen molar-refractivity contribution in [2.24, 2.45) is 5.41 Å². The van der Waals surface area contributed by atoms with E-state index in [4.69, 9.17) is 9.47 Å². The lowest BCUT2D eigenvalue weighted by Gasteiger charge is -2.21. The van der Waals surface area contributed by atoms with Crippen molar-refractivity contribution in [2.75, 3.05) is 20.8 Å². The van der Waals surface area contributed by atoms with Gasteiger partial charge in [-0.15, -0.1) is 0 Å². The van der Waals surface area contributed by atoms with Crippen LogP contribution < -0.4 is 4.74 Å². The molecule has 0 aliphatic rings. The standard InChI is InChI=1S/C16H24O2.2C2H6/c1-13-8-9-15(18-5)14(11-13)7-6-10-16(2,3)12-17-4;2*1-2/h6-9,11H,10,12H2,1-5H3;2*1-2H3/b7-6+;;. The van der Waals surface area contributed by atoms with Crippen LogP contribution in [0.4, 0.5) is 0 Å². The summed E-state index contributed by atoms with van der Waals surface area (Å²) in [5.74, 6) is 0.918. The van der Waals surface area contributed by atoms with Crippen LogP contribution in [0.25, 0.3) is 6.08 Å². The van der Waals surface area contributed by atoms with Crippen LogP contribution in [0, 0.1) is 12.3 Å². The van der Waals surface area contributed by atoms with Crippen LogP contribution in [0.2, 0.25) is 0 Å². The van der Waals surface area contributed by atoms with E-state index in [1.54, 1.807) is 14.2 Å². The summed E-state index contributed by atoms with van der Waals surface area (Å²) in [7, 11) is 3.45. The molecule has 0 aliphatic heterocycles. The lowest BCUT2D eigenvalue weighted by atomic mass is 9.90. The van der Waals surface area contributed by atoms with Crippen molar-refractivity contribution < 1.29 is 9.47 Å². The molecular formula is C20H36O2. The molecule has 0 spiro atoms. The summed E-state index contributed by atoms with van der Waals surface area (Å²) in [6.07, 6.45) is 5.30. The van der Waals surface area contributed by atoms with Crippen molar-refractivity contribution in [3.05, 3.63) is 35.4 Å². The number of hydrogen-bond donors (Lipinski definition) is 0. The fourth-order valence-corrected chi connectivity index (χ4v) is 1.94. The molecule has 0 N–H and O–H groups in total. The fourth-order valence-electron chi connectivity index (χ4n) is 1.94. The zero-order valence-corrected chi connectivity index (χ0v) is 16.1. The second-order valence-corrected chi connectivity index (χ2v) is 5.45. The quantitative estimate of drug-likeness (QED) is 0.629. The van der Waals surface area contributed by atoms with E-state index in [0.717, 1.165) is 24.3 Å². The number of benzene rings is 1. The zero-order chi connectivity index (χ0) is 17.6. The van der Waals surface area contributed by atoms with Crippen LogP contribution in [0.5, 0.6) is 5.75 Å². The molecule has 0 fully saturated rings. The first-order chi connectivity index (χ1) is 10.5. The van der Waals surface area contributed by atoms with Gasteiger partial charge in [0.15, 0.2) is 0 Å². The Balaban J connectivity index is 0. The first-order valence-electron chi connectivity index (χ1n) is 8.28. The Labute approximate surface area is 138 Å². The predicted molar refractivity (Wildman–Crippen MR) is 99.7 cm³/mol. The Morgan fingerprint density at radius 3 is 2.14 bits per heavy atom. The third kappa shape index (κ3) is 9.62. The first-order valence-corrected chi connectivity index (χ1v) is 8.28. The largest absolute Gasteiger partial charge is 0.496 e. The van der Waals surface area contributed by atoms with Gasteiger partial charge in [-0.05, 0) is 30.9 Å². The average Bonchev–Trinajstić information content (AvgIpc) is 2.51. The summed E-state index contributed by atoms with van der Waals surface area (Å²) in [6.45, 7) is 15.3. The van der Waals surface area contributed by atoms with Gasteiger partial charge in [0.1, 0.15) is 5.75 Å². The number of rotatable bonds is 6. The van der Waals surface area contributed by atoms with Crippen LogP contribution in [-0.4, -0.2) is 20.8 Å². The molecule has 1 aromatic carbocycles. The number of hydrogen-bond acceptors (Lipinski definition) is 2. The van der Waals surface area contributed by atoms with E-state index in [1.165, 1.54) is 5.56 Å². The van der Waals surface area contributed by atoms with Crippen molar-refractivity contribution in [1.82, 2.24) is 0 Å². The van der Waals surface area contributed by atoms with Gasteiger partial charge < -0.3 is 9.47 Å². The van der Waals surface area contributed by atoms with Gasteiger partial charge >= 0.3 is 0 Å². The molecule has 128 valence electrons. The van der Waals surface area contributed by atoms with Gasteiger partial charge in [-0.1, -0.05) is 65.3 Å². The topological polar surface area (TPSA) is 18.5 Å². The highest BCUT2D eigenvalue weighted by atomic mass is 16.5. The van der Waals surface area contributed by atoms with Gasteiger partial charge in [-0.25, -0.2) is 0 Å². The van der Waals surface area contributed by atoms with E-state index >= 15 is 0 Å². The molecule has 22 heavy (non-hydrogen) atoms. The molecule has 0 bridgehead atoms. The Kier molecular flexibility index (Phi) is 14.0. The minimum Gasteiger partial charge on any atom is -0.496 e. The highest BCUT2D eigenvalue weighted by molar-refractivity contribution is 5.58. The van der Waals surface area contributed by atoms with E-state index in [-0.39, 0.29) is 5.41 Å². The molecule has 0 unspecified atom stereocenters. The van der Waals surface area contributed by atoms with Crippen LogP contribution in [0.1, 0.15) is 59.1 Å². The molecule has 0 atom stereocenters. The normalized spacial score (nSPS) is 10.4. The Hall–Kier alpha value is -1.28. The van der Waals surface area contributed by atoms with E-state index < -0.39 is 0 Å². The predicted octanol–water partition coefficient (Wildman–Crippen LogP) is 6.13. The Morgan fingerprint density at radius 2 is 1.64 bits per heavy atom. The smallest absolute Gasteiger partial charge is 0.126 e. The SMILES string of the molecule is CC.CC.COCC(C)(C)C/C=C/c1cc(C)ccc1OC. The molecular weight excluding hydrogens is 272 g/mol. The maximum absolute atomic E-state index is 5.35. The summed E-state index contributed by atoms with van der Waals surface area (Å²) in [5.41, 5.74) is 2.54. The lowest BCUT2D eigenvalue weighted by Crippen LogP contribution is -2.16. The molecule has 0 aliphatic carbocycles. The van der Waals surface area contributed by atoms with Gasteiger partial charge in [0.05, 0.1) is 13.7 Å². The Morgan fingerprint density at radius 1 is 1.05 bits per heavy atom. The third-order valence-corrected chi connectivity index (χ3v) is 2.89. The van der Waals surface area contributed by atoms with Gasteiger partial charge in [0.25, 0.3) is 0 Å². The molecule has 0 saturated carbocycles. The number of allylic oxidation sites excluding steroid dienone is 1. The summed E-state index contributed by atoms with van der Waals surface area (Å²) in [5, 5.41) is 0. The molecule has 2 nitrogen and oxygen atoms in total. The average molecular weight is 309 g/mol. The van der Waals surface area contributed by atoms with E-state index in [1.807, 2.05) is 33.8 Å². The van der Waals surface area contributed by atoms with E-state index in [9.17, 15) is 0 Å². The highest BCUT2D eigenvalue weighted by Crippen LogP contribution is 2.24. The van der Waals surface area contributed by atoms with E-state index in [0.29, 0.717) is 0 Å². The van der Waals surface area contributed by atoms with Crippen molar-refractivity contribution in [3.63, 3.8) is 0 Å². The summed E-state index contributed by atoms with van der Waals surface area (Å²) in [6, 6.07) is 6.21. The lowest BCUT2D eigenvalue weighted by molar-refractivity contribution is 0.106.